The lowest BCUT2D eigenvalue weighted by Gasteiger charge is -2.15. The number of carbonyl (C=O) groups excluding carboxylic acids is 1. The Labute approximate surface area is 103 Å². The van der Waals surface area contributed by atoms with Gasteiger partial charge in [-0.3, -0.25) is 4.79 Å². The molecule has 0 saturated heterocycles. The van der Waals surface area contributed by atoms with E-state index in [1.807, 2.05) is 49.3 Å². The van der Waals surface area contributed by atoms with Crippen LogP contribution in [0, 0.1) is 0 Å². The summed E-state index contributed by atoms with van der Waals surface area (Å²) >= 11 is 0. The lowest BCUT2D eigenvalue weighted by atomic mass is 10.3. The van der Waals surface area contributed by atoms with E-state index in [4.69, 9.17) is 4.74 Å². The van der Waals surface area contributed by atoms with Crippen LogP contribution < -0.4 is 10.1 Å². The molecule has 1 rings (SSSR count). The van der Waals surface area contributed by atoms with Crippen molar-refractivity contribution in [2.45, 2.75) is 13.0 Å². The van der Waals surface area contributed by atoms with Gasteiger partial charge in [0.05, 0.1) is 0 Å². The predicted molar refractivity (Wildman–Crippen MR) is 68.1 cm³/mol. The van der Waals surface area contributed by atoms with Crippen LogP contribution in [-0.4, -0.2) is 44.1 Å². The number of carbonyl (C=O) groups is 1. The van der Waals surface area contributed by atoms with Gasteiger partial charge in [0.25, 0.3) is 5.91 Å². The van der Waals surface area contributed by atoms with Crippen LogP contribution >= 0.6 is 0 Å². The van der Waals surface area contributed by atoms with Gasteiger partial charge in [-0.05, 0) is 33.2 Å². The van der Waals surface area contributed by atoms with Crippen molar-refractivity contribution in [2.75, 3.05) is 27.2 Å². The molecule has 1 amide bonds. The molecular weight excluding hydrogens is 216 g/mol. The standard InChI is InChI=1S/C13H20N2O2/c1-11(13(16)14-9-10-15(2)3)17-12-7-5-4-6-8-12/h4-8,11H,9-10H2,1-3H3,(H,14,16). The SMILES string of the molecule is CC(Oc1ccccc1)C(=O)NCCN(C)C. The number of nitrogens with one attached hydrogen (secondary N) is 1. The van der Waals surface area contributed by atoms with E-state index in [0.717, 1.165) is 6.54 Å². The number of benzene rings is 1. The van der Waals surface area contributed by atoms with Gasteiger partial charge in [-0.25, -0.2) is 0 Å². The highest BCUT2D eigenvalue weighted by molar-refractivity contribution is 5.80. The van der Waals surface area contributed by atoms with Crippen molar-refractivity contribution in [3.05, 3.63) is 30.3 Å². The van der Waals surface area contributed by atoms with Crippen molar-refractivity contribution >= 4 is 5.91 Å². The van der Waals surface area contributed by atoms with E-state index in [1.165, 1.54) is 0 Å². The smallest absolute Gasteiger partial charge is 0.260 e. The third-order valence-corrected chi connectivity index (χ3v) is 2.28. The second-order valence-corrected chi connectivity index (χ2v) is 4.17. The van der Waals surface area contributed by atoms with E-state index in [0.29, 0.717) is 12.3 Å². The molecule has 0 saturated carbocycles. The Morgan fingerprint density at radius 1 is 1.35 bits per heavy atom. The van der Waals surface area contributed by atoms with Gasteiger partial charge in [0.15, 0.2) is 6.10 Å². The van der Waals surface area contributed by atoms with Crippen molar-refractivity contribution in [3.8, 4) is 5.75 Å². The Morgan fingerprint density at radius 2 is 2.00 bits per heavy atom. The molecule has 0 aliphatic carbocycles. The molecule has 1 aromatic rings. The van der Waals surface area contributed by atoms with Gasteiger partial charge >= 0.3 is 0 Å². The first-order valence-corrected chi connectivity index (χ1v) is 5.73. The molecule has 4 heteroatoms. The van der Waals surface area contributed by atoms with Crippen LogP contribution in [0.3, 0.4) is 0 Å². The van der Waals surface area contributed by atoms with Gasteiger partial charge in [0.2, 0.25) is 0 Å². The molecule has 17 heavy (non-hydrogen) atoms. The molecule has 0 fully saturated rings. The zero-order chi connectivity index (χ0) is 12.7. The largest absolute Gasteiger partial charge is 0.481 e. The number of likely N-dealkylation sites (N-methyl/N-ethyl adjacent to an activating group) is 1. The minimum absolute atomic E-state index is 0.0873. The second-order valence-electron chi connectivity index (χ2n) is 4.17. The fourth-order valence-electron chi connectivity index (χ4n) is 1.30. The van der Waals surface area contributed by atoms with E-state index >= 15 is 0 Å². The maximum Gasteiger partial charge on any atom is 0.260 e. The molecule has 0 bridgehead atoms. The first-order valence-electron chi connectivity index (χ1n) is 5.73. The molecule has 1 aromatic carbocycles. The average Bonchev–Trinajstić information content (AvgIpc) is 2.29. The first-order chi connectivity index (χ1) is 8.09. The van der Waals surface area contributed by atoms with Crippen molar-refractivity contribution < 1.29 is 9.53 Å². The summed E-state index contributed by atoms with van der Waals surface area (Å²) < 4.78 is 5.51. The Bertz CT molecular complexity index is 339. The van der Waals surface area contributed by atoms with Crippen LogP contribution in [0.4, 0.5) is 0 Å². The van der Waals surface area contributed by atoms with E-state index in [-0.39, 0.29) is 5.91 Å². The highest BCUT2D eigenvalue weighted by atomic mass is 16.5. The number of amides is 1. The van der Waals surface area contributed by atoms with Crippen LogP contribution in [0.2, 0.25) is 0 Å². The second kappa shape index (κ2) is 6.91. The van der Waals surface area contributed by atoms with Crippen molar-refractivity contribution in [1.29, 1.82) is 0 Å². The fraction of sp³-hybridized carbons (Fsp3) is 0.462. The van der Waals surface area contributed by atoms with E-state index in [2.05, 4.69) is 5.32 Å². The molecule has 1 N–H and O–H groups in total. The number of hydrogen-bond acceptors (Lipinski definition) is 3. The van der Waals surface area contributed by atoms with Gasteiger partial charge in [0.1, 0.15) is 5.75 Å². The minimum atomic E-state index is -0.473. The van der Waals surface area contributed by atoms with E-state index in [9.17, 15) is 4.79 Å². The van der Waals surface area contributed by atoms with Crippen molar-refractivity contribution in [1.82, 2.24) is 10.2 Å². The van der Waals surface area contributed by atoms with Gasteiger partial charge in [-0.2, -0.15) is 0 Å². The molecule has 0 aliphatic rings. The number of ether oxygens (including phenoxy) is 1. The van der Waals surface area contributed by atoms with Crippen LogP contribution in [0.25, 0.3) is 0 Å². The quantitative estimate of drug-likeness (QED) is 0.805. The summed E-state index contributed by atoms with van der Waals surface area (Å²) in [5, 5.41) is 2.83. The Morgan fingerprint density at radius 3 is 2.59 bits per heavy atom. The molecule has 0 spiro atoms. The summed E-state index contributed by atoms with van der Waals surface area (Å²) in [5.41, 5.74) is 0. The highest BCUT2D eigenvalue weighted by Crippen LogP contribution is 2.10. The molecular formula is C13H20N2O2. The molecule has 1 unspecified atom stereocenters. The maximum absolute atomic E-state index is 11.7. The van der Waals surface area contributed by atoms with Crippen molar-refractivity contribution in [2.24, 2.45) is 0 Å². The molecule has 0 aromatic heterocycles. The number of hydrogen-bond donors (Lipinski definition) is 1. The highest BCUT2D eigenvalue weighted by Gasteiger charge is 2.13. The Kier molecular flexibility index (Phi) is 5.49. The third kappa shape index (κ3) is 5.36. The molecule has 0 radical (unpaired) electrons. The van der Waals surface area contributed by atoms with Crippen LogP contribution in [0.15, 0.2) is 30.3 Å². The summed E-state index contributed by atoms with van der Waals surface area (Å²) in [4.78, 5) is 13.7. The third-order valence-electron chi connectivity index (χ3n) is 2.28. The Balaban J connectivity index is 2.32. The number of para-hydroxylation sites is 1. The molecule has 1 atom stereocenters. The normalized spacial score (nSPS) is 12.2. The van der Waals surface area contributed by atoms with Crippen LogP contribution in [0.1, 0.15) is 6.92 Å². The van der Waals surface area contributed by atoms with E-state index < -0.39 is 6.10 Å². The summed E-state index contributed by atoms with van der Waals surface area (Å²) in [6, 6.07) is 9.35. The Hall–Kier alpha value is -1.55. The monoisotopic (exact) mass is 236 g/mol. The summed E-state index contributed by atoms with van der Waals surface area (Å²) in [7, 11) is 3.94. The number of nitrogens with zero attached hydrogens (tertiary/aromatic N) is 1. The summed E-state index contributed by atoms with van der Waals surface area (Å²) in [5.74, 6) is 0.624. The topological polar surface area (TPSA) is 41.6 Å². The first kappa shape index (κ1) is 13.5. The summed E-state index contributed by atoms with van der Waals surface area (Å²) in [6.45, 7) is 3.20. The average molecular weight is 236 g/mol. The predicted octanol–water partition coefficient (Wildman–Crippen LogP) is 1.13. The van der Waals surface area contributed by atoms with Crippen LogP contribution in [-0.2, 0) is 4.79 Å². The van der Waals surface area contributed by atoms with Crippen molar-refractivity contribution in [3.63, 3.8) is 0 Å². The molecule has 4 nitrogen and oxygen atoms in total. The lowest BCUT2D eigenvalue weighted by Crippen LogP contribution is -2.39. The zero-order valence-electron chi connectivity index (χ0n) is 10.6. The van der Waals surface area contributed by atoms with Gasteiger partial charge in [0, 0.05) is 13.1 Å². The van der Waals surface area contributed by atoms with Gasteiger partial charge in [-0.15, -0.1) is 0 Å². The van der Waals surface area contributed by atoms with Crippen LogP contribution in [0.5, 0.6) is 5.75 Å². The zero-order valence-corrected chi connectivity index (χ0v) is 10.6. The number of rotatable bonds is 6. The fourth-order valence-corrected chi connectivity index (χ4v) is 1.30. The van der Waals surface area contributed by atoms with Gasteiger partial charge in [-0.1, -0.05) is 18.2 Å². The minimum Gasteiger partial charge on any atom is -0.481 e. The lowest BCUT2D eigenvalue weighted by molar-refractivity contribution is -0.127. The maximum atomic E-state index is 11.7. The molecule has 94 valence electrons. The van der Waals surface area contributed by atoms with Gasteiger partial charge < -0.3 is 15.0 Å². The van der Waals surface area contributed by atoms with E-state index in [1.54, 1.807) is 6.92 Å². The molecule has 0 heterocycles. The summed E-state index contributed by atoms with van der Waals surface area (Å²) in [6.07, 6.45) is -0.473. The molecule has 0 aliphatic heterocycles.